The van der Waals surface area contributed by atoms with Crippen LogP contribution >= 0.6 is 0 Å². The van der Waals surface area contributed by atoms with Crippen LogP contribution in [0, 0.1) is 11.8 Å². The van der Waals surface area contributed by atoms with Crippen LogP contribution in [0.5, 0.6) is 0 Å². The van der Waals surface area contributed by atoms with Gasteiger partial charge in [-0.1, -0.05) is 20.4 Å². The molecule has 1 aliphatic rings. The molecular formula is C16H28N2O3. The van der Waals surface area contributed by atoms with Crippen LogP contribution in [0.3, 0.4) is 0 Å². The number of amides is 2. The van der Waals surface area contributed by atoms with Crippen LogP contribution in [0.15, 0.2) is 12.3 Å². The molecule has 0 aromatic carbocycles. The van der Waals surface area contributed by atoms with Gasteiger partial charge < -0.3 is 15.3 Å². The fourth-order valence-electron chi connectivity index (χ4n) is 2.59. The first-order valence-corrected chi connectivity index (χ1v) is 7.59. The number of carbonyl (C=O) groups is 2. The number of aliphatic hydroxyl groups is 1. The summed E-state index contributed by atoms with van der Waals surface area (Å²) >= 11 is 0. The van der Waals surface area contributed by atoms with Gasteiger partial charge in [0.15, 0.2) is 0 Å². The molecule has 1 aliphatic heterocycles. The lowest BCUT2D eigenvalue weighted by Crippen LogP contribution is -2.45. The molecule has 1 atom stereocenters. The summed E-state index contributed by atoms with van der Waals surface area (Å²) in [4.78, 5) is 25.9. The maximum Gasteiger partial charge on any atom is 0.230 e. The van der Waals surface area contributed by atoms with Crippen LogP contribution in [0.1, 0.15) is 47.0 Å². The van der Waals surface area contributed by atoms with Gasteiger partial charge in [-0.05, 0) is 32.6 Å². The van der Waals surface area contributed by atoms with E-state index in [1.165, 1.54) is 0 Å². The van der Waals surface area contributed by atoms with Gasteiger partial charge in [-0.2, -0.15) is 0 Å². The second-order valence-electron chi connectivity index (χ2n) is 6.77. The minimum absolute atomic E-state index is 0.00797. The fourth-order valence-corrected chi connectivity index (χ4v) is 2.59. The van der Waals surface area contributed by atoms with Crippen LogP contribution in [0.2, 0.25) is 0 Å². The molecule has 1 rings (SSSR count). The van der Waals surface area contributed by atoms with Crippen molar-refractivity contribution in [3.63, 3.8) is 0 Å². The Bertz CT molecular complexity index is 416. The molecule has 0 saturated carbocycles. The smallest absolute Gasteiger partial charge is 0.230 e. The first-order chi connectivity index (χ1) is 9.68. The van der Waals surface area contributed by atoms with E-state index < -0.39 is 5.54 Å². The van der Waals surface area contributed by atoms with Crippen molar-refractivity contribution in [3.05, 3.63) is 12.3 Å². The first kappa shape index (κ1) is 17.7. The molecule has 5 heteroatoms. The highest BCUT2D eigenvalue weighted by molar-refractivity contribution is 5.85. The summed E-state index contributed by atoms with van der Waals surface area (Å²) in [5.41, 5.74) is 0.374. The van der Waals surface area contributed by atoms with Gasteiger partial charge in [-0.3, -0.25) is 9.59 Å². The standard InChI is InChI=1S/C16H28N2O3/c1-11(2)13-10-12(3)18(15(13)21)8-6-14(20)17-16(4,5)7-9-19/h11,13,19H,3,6-10H2,1-2,4-5H3,(H,17,20). The van der Waals surface area contributed by atoms with Crippen molar-refractivity contribution in [1.29, 1.82) is 0 Å². The number of allylic oxidation sites excluding steroid dienone is 1. The summed E-state index contributed by atoms with van der Waals surface area (Å²) in [6.07, 6.45) is 1.45. The summed E-state index contributed by atoms with van der Waals surface area (Å²) in [6, 6.07) is 0. The third-order valence-electron chi connectivity index (χ3n) is 4.00. The molecule has 21 heavy (non-hydrogen) atoms. The zero-order valence-electron chi connectivity index (χ0n) is 13.6. The Morgan fingerprint density at radius 2 is 2.14 bits per heavy atom. The van der Waals surface area contributed by atoms with E-state index >= 15 is 0 Å². The second kappa shape index (κ2) is 7.07. The quantitative estimate of drug-likeness (QED) is 0.751. The molecule has 2 N–H and O–H groups in total. The summed E-state index contributed by atoms with van der Waals surface area (Å²) in [5.74, 6) is 0.252. The zero-order valence-corrected chi connectivity index (χ0v) is 13.6. The van der Waals surface area contributed by atoms with Gasteiger partial charge in [0, 0.05) is 36.7 Å². The van der Waals surface area contributed by atoms with E-state index in [-0.39, 0.29) is 36.7 Å². The molecule has 2 amide bonds. The van der Waals surface area contributed by atoms with E-state index in [2.05, 4.69) is 11.9 Å². The minimum Gasteiger partial charge on any atom is -0.396 e. The topological polar surface area (TPSA) is 69.6 Å². The van der Waals surface area contributed by atoms with E-state index in [1.807, 2.05) is 27.7 Å². The Balaban J connectivity index is 2.50. The lowest BCUT2D eigenvalue weighted by molar-refractivity contribution is -0.131. The van der Waals surface area contributed by atoms with Crippen LogP contribution in [0.25, 0.3) is 0 Å². The molecule has 0 spiro atoms. The van der Waals surface area contributed by atoms with Crippen molar-refractivity contribution >= 4 is 11.8 Å². The van der Waals surface area contributed by atoms with E-state index in [9.17, 15) is 9.59 Å². The van der Waals surface area contributed by atoms with Crippen molar-refractivity contribution in [2.24, 2.45) is 11.8 Å². The summed E-state index contributed by atoms with van der Waals surface area (Å²) in [7, 11) is 0. The maximum absolute atomic E-state index is 12.3. The number of nitrogens with zero attached hydrogens (tertiary/aromatic N) is 1. The molecule has 0 radical (unpaired) electrons. The number of likely N-dealkylation sites (tertiary alicyclic amines) is 1. The molecule has 0 aromatic rings. The lowest BCUT2D eigenvalue weighted by Gasteiger charge is -2.26. The molecule has 0 aromatic heterocycles. The second-order valence-corrected chi connectivity index (χ2v) is 6.77. The Hall–Kier alpha value is -1.36. The van der Waals surface area contributed by atoms with E-state index in [0.717, 1.165) is 5.70 Å². The average molecular weight is 296 g/mol. The zero-order chi connectivity index (χ0) is 16.2. The third-order valence-corrected chi connectivity index (χ3v) is 4.00. The van der Waals surface area contributed by atoms with Gasteiger partial charge in [0.1, 0.15) is 0 Å². The molecule has 120 valence electrons. The molecular weight excluding hydrogens is 268 g/mol. The van der Waals surface area contributed by atoms with E-state index in [1.54, 1.807) is 4.90 Å². The number of carbonyl (C=O) groups excluding carboxylic acids is 2. The van der Waals surface area contributed by atoms with Crippen LogP contribution < -0.4 is 5.32 Å². The Kier molecular flexibility index (Phi) is 5.96. The van der Waals surface area contributed by atoms with Gasteiger partial charge >= 0.3 is 0 Å². The number of nitrogens with one attached hydrogen (secondary N) is 1. The normalized spacial score (nSPS) is 19.5. The minimum atomic E-state index is -0.432. The number of aliphatic hydroxyl groups excluding tert-OH is 1. The van der Waals surface area contributed by atoms with Crippen molar-refractivity contribution in [2.75, 3.05) is 13.2 Å². The lowest BCUT2D eigenvalue weighted by atomic mass is 9.94. The molecule has 1 heterocycles. The van der Waals surface area contributed by atoms with Gasteiger partial charge in [0.05, 0.1) is 0 Å². The number of hydrogen-bond donors (Lipinski definition) is 2. The summed E-state index contributed by atoms with van der Waals surface area (Å²) in [6.45, 7) is 12.2. The van der Waals surface area contributed by atoms with Crippen LogP contribution in [0.4, 0.5) is 0 Å². The third kappa shape index (κ3) is 4.84. The highest BCUT2D eigenvalue weighted by Gasteiger charge is 2.36. The maximum atomic E-state index is 12.3. The van der Waals surface area contributed by atoms with Crippen LogP contribution in [-0.2, 0) is 9.59 Å². The predicted octanol–water partition coefficient (Wildman–Crippen LogP) is 1.67. The summed E-state index contributed by atoms with van der Waals surface area (Å²) < 4.78 is 0. The SMILES string of the molecule is C=C1CC(C(C)C)C(=O)N1CCC(=O)NC(C)(C)CCO. The Morgan fingerprint density at radius 1 is 1.52 bits per heavy atom. The van der Waals surface area contributed by atoms with Crippen LogP contribution in [-0.4, -0.2) is 40.5 Å². The number of rotatable bonds is 7. The molecule has 0 aliphatic carbocycles. The highest BCUT2D eigenvalue weighted by atomic mass is 16.3. The Labute approximate surface area is 127 Å². The molecule has 5 nitrogen and oxygen atoms in total. The van der Waals surface area contributed by atoms with E-state index in [4.69, 9.17) is 5.11 Å². The fraction of sp³-hybridized carbons (Fsp3) is 0.750. The molecule has 0 bridgehead atoms. The van der Waals surface area contributed by atoms with E-state index in [0.29, 0.717) is 19.4 Å². The largest absolute Gasteiger partial charge is 0.396 e. The van der Waals surface area contributed by atoms with Gasteiger partial charge in [-0.25, -0.2) is 0 Å². The Morgan fingerprint density at radius 3 is 2.62 bits per heavy atom. The first-order valence-electron chi connectivity index (χ1n) is 7.59. The van der Waals surface area contributed by atoms with Gasteiger partial charge in [0.2, 0.25) is 11.8 Å². The predicted molar refractivity (Wildman–Crippen MR) is 82.3 cm³/mol. The van der Waals surface area contributed by atoms with Crippen molar-refractivity contribution < 1.29 is 14.7 Å². The summed E-state index contributed by atoms with van der Waals surface area (Å²) in [5, 5.41) is 11.8. The van der Waals surface area contributed by atoms with Gasteiger partial charge in [-0.15, -0.1) is 0 Å². The molecule has 1 saturated heterocycles. The monoisotopic (exact) mass is 296 g/mol. The number of hydrogen-bond acceptors (Lipinski definition) is 3. The van der Waals surface area contributed by atoms with Crippen molar-refractivity contribution in [2.45, 2.75) is 52.5 Å². The highest BCUT2D eigenvalue weighted by Crippen LogP contribution is 2.31. The van der Waals surface area contributed by atoms with Gasteiger partial charge in [0.25, 0.3) is 0 Å². The molecule has 1 fully saturated rings. The average Bonchev–Trinajstić information content (AvgIpc) is 2.62. The van der Waals surface area contributed by atoms with Crippen molar-refractivity contribution in [1.82, 2.24) is 10.2 Å². The molecule has 1 unspecified atom stereocenters. The van der Waals surface area contributed by atoms with Crippen molar-refractivity contribution in [3.8, 4) is 0 Å².